The van der Waals surface area contributed by atoms with Crippen molar-refractivity contribution in [1.29, 1.82) is 0 Å². The Labute approximate surface area is 292 Å². The summed E-state index contributed by atoms with van der Waals surface area (Å²) in [4.78, 5) is 50.4. The van der Waals surface area contributed by atoms with Crippen LogP contribution in [0.1, 0.15) is 79.9 Å². The van der Waals surface area contributed by atoms with Gasteiger partial charge >= 0.3 is 5.97 Å². The summed E-state index contributed by atoms with van der Waals surface area (Å²) in [5.74, 6) is -0.679. The van der Waals surface area contributed by atoms with Crippen LogP contribution in [0.4, 0.5) is 0 Å². The summed E-state index contributed by atoms with van der Waals surface area (Å²) in [5.41, 5.74) is 3.48. The number of ether oxygens (including phenoxy) is 1. The van der Waals surface area contributed by atoms with Crippen LogP contribution in [0.5, 0.6) is 5.75 Å². The van der Waals surface area contributed by atoms with Crippen LogP contribution in [0, 0.1) is 5.92 Å². The highest BCUT2D eigenvalue weighted by atomic mass is 32.1. The summed E-state index contributed by atoms with van der Waals surface area (Å²) in [6, 6.07) is 18.5. The van der Waals surface area contributed by atoms with E-state index in [0.29, 0.717) is 10.7 Å². The number of likely N-dealkylation sites (tertiary alicyclic amines) is 1. The van der Waals surface area contributed by atoms with E-state index >= 15 is 0 Å². The van der Waals surface area contributed by atoms with Crippen molar-refractivity contribution in [1.82, 2.24) is 20.2 Å². The molecule has 3 heterocycles. The molecular weight excluding hydrogens is 637 g/mol. The van der Waals surface area contributed by atoms with E-state index in [2.05, 4.69) is 43.0 Å². The first-order chi connectivity index (χ1) is 23.5. The zero-order valence-corrected chi connectivity index (χ0v) is 29.6. The van der Waals surface area contributed by atoms with Gasteiger partial charge in [0.1, 0.15) is 11.8 Å². The van der Waals surface area contributed by atoms with Crippen LogP contribution < -0.4 is 10.1 Å². The second kappa shape index (κ2) is 16.2. The molecule has 5 rings (SSSR count). The van der Waals surface area contributed by atoms with E-state index in [9.17, 15) is 19.5 Å². The zero-order valence-electron chi connectivity index (χ0n) is 28.8. The fourth-order valence-electron chi connectivity index (χ4n) is 5.62. The van der Waals surface area contributed by atoms with Crippen molar-refractivity contribution < 1.29 is 24.2 Å². The van der Waals surface area contributed by atoms with E-state index in [1.807, 2.05) is 54.6 Å². The molecule has 4 aromatic rings. The van der Waals surface area contributed by atoms with Gasteiger partial charge in [0, 0.05) is 47.9 Å². The molecule has 0 spiro atoms. The molecule has 2 amide bonds. The van der Waals surface area contributed by atoms with E-state index in [-0.39, 0.29) is 36.7 Å². The first-order valence-electron chi connectivity index (χ1n) is 17.1. The van der Waals surface area contributed by atoms with Crippen LogP contribution in [0.15, 0.2) is 73.1 Å². The fourth-order valence-corrected chi connectivity index (χ4v) is 6.59. The number of aromatic nitrogens is 2. The average Bonchev–Trinajstić information content (AvgIpc) is 3.58. The summed E-state index contributed by atoms with van der Waals surface area (Å²) in [5, 5.41) is 12.2. The SMILES string of the molecule is CCCCCCCOc1ccc(-c2cnc(-c3ccc(C[C@@H](NC(=O)c4ccc(C(C)(C)C)s4)C(=O)N4CC(C(=O)O)C4)cc3)nc2)cc1. The highest BCUT2D eigenvalue weighted by molar-refractivity contribution is 7.14. The van der Waals surface area contributed by atoms with Gasteiger partial charge in [0.2, 0.25) is 5.91 Å². The lowest BCUT2D eigenvalue weighted by molar-refractivity contribution is -0.153. The first kappa shape index (κ1) is 35.7. The lowest BCUT2D eigenvalue weighted by Crippen LogP contribution is -2.59. The highest BCUT2D eigenvalue weighted by Crippen LogP contribution is 2.30. The van der Waals surface area contributed by atoms with E-state index in [1.165, 1.54) is 41.9 Å². The standard InChI is InChI=1S/C39H46N4O5S/c1-5-6-7-8-9-20-48-31-16-14-27(15-17-31)29-22-40-35(41-23-29)28-12-10-26(11-13-28)21-32(37(45)43-24-30(25-43)38(46)47)42-36(44)33-18-19-34(49-33)39(2,3)4/h10-19,22-23,30,32H,5-9,20-21,24-25H2,1-4H3,(H,42,44)(H,46,47)/t32-/m1/s1. The Hall–Kier alpha value is -4.57. The number of benzene rings is 2. The number of amides is 2. The molecule has 1 saturated heterocycles. The Morgan fingerprint density at radius 3 is 2.16 bits per heavy atom. The summed E-state index contributed by atoms with van der Waals surface area (Å²) >= 11 is 1.41. The van der Waals surface area contributed by atoms with E-state index in [1.54, 1.807) is 18.5 Å². The molecule has 0 unspecified atom stereocenters. The van der Waals surface area contributed by atoms with Crippen LogP contribution in [0.2, 0.25) is 0 Å². The monoisotopic (exact) mass is 682 g/mol. The molecule has 9 nitrogen and oxygen atoms in total. The molecule has 1 atom stereocenters. The van der Waals surface area contributed by atoms with E-state index < -0.39 is 17.9 Å². The molecule has 1 aliphatic heterocycles. The van der Waals surface area contributed by atoms with Gasteiger partial charge in [0.25, 0.3) is 5.91 Å². The molecule has 0 saturated carbocycles. The van der Waals surface area contributed by atoms with Gasteiger partial charge in [0.15, 0.2) is 5.82 Å². The van der Waals surface area contributed by atoms with Crippen LogP contribution in [-0.2, 0) is 21.4 Å². The number of nitrogens with zero attached hydrogens (tertiary/aromatic N) is 3. The summed E-state index contributed by atoms with van der Waals surface area (Å²) in [7, 11) is 0. The Bertz CT molecular complexity index is 1710. The molecule has 2 N–H and O–H groups in total. The minimum Gasteiger partial charge on any atom is -0.494 e. The van der Waals surface area contributed by atoms with Crippen molar-refractivity contribution in [3.8, 4) is 28.3 Å². The zero-order chi connectivity index (χ0) is 35.0. The summed E-state index contributed by atoms with van der Waals surface area (Å²) in [6.07, 6.45) is 9.89. The third kappa shape index (κ3) is 9.53. The topological polar surface area (TPSA) is 122 Å². The number of carbonyl (C=O) groups excluding carboxylic acids is 2. The molecular formula is C39H46N4O5S. The lowest BCUT2D eigenvalue weighted by atomic mass is 9.95. The molecule has 258 valence electrons. The molecule has 0 radical (unpaired) electrons. The van der Waals surface area contributed by atoms with E-state index in [0.717, 1.165) is 45.9 Å². The van der Waals surface area contributed by atoms with Crippen molar-refractivity contribution in [3.05, 3.63) is 88.4 Å². The van der Waals surface area contributed by atoms with Gasteiger partial charge in [-0.25, -0.2) is 9.97 Å². The Kier molecular flexibility index (Phi) is 11.8. The molecule has 2 aromatic heterocycles. The van der Waals surface area contributed by atoms with Gasteiger partial charge in [-0.1, -0.05) is 89.8 Å². The third-order valence-electron chi connectivity index (χ3n) is 8.72. The minimum atomic E-state index is -0.921. The predicted molar refractivity (Wildman–Crippen MR) is 193 cm³/mol. The van der Waals surface area contributed by atoms with Gasteiger partial charge < -0.3 is 20.1 Å². The maximum Gasteiger partial charge on any atom is 0.310 e. The number of rotatable bonds is 15. The predicted octanol–water partition coefficient (Wildman–Crippen LogP) is 7.40. The lowest BCUT2D eigenvalue weighted by Gasteiger charge is -2.38. The molecule has 1 fully saturated rings. The minimum absolute atomic E-state index is 0.0958. The van der Waals surface area contributed by atoms with Crippen LogP contribution >= 0.6 is 11.3 Å². The number of carboxylic acid groups (broad SMARTS) is 1. The number of unbranched alkanes of at least 4 members (excludes halogenated alkanes) is 4. The number of hydrogen-bond donors (Lipinski definition) is 2. The Morgan fingerprint density at radius 2 is 1.55 bits per heavy atom. The van der Waals surface area contributed by atoms with Crippen LogP contribution in [-0.4, -0.2) is 63.5 Å². The van der Waals surface area contributed by atoms with Crippen molar-refractivity contribution in [3.63, 3.8) is 0 Å². The van der Waals surface area contributed by atoms with Crippen molar-refractivity contribution in [2.75, 3.05) is 19.7 Å². The number of carboxylic acids is 1. The average molecular weight is 683 g/mol. The van der Waals surface area contributed by atoms with Crippen LogP contribution in [0.25, 0.3) is 22.5 Å². The number of nitrogens with one attached hydrogen (secondary N) is 1. The van der Waals surface area contributed by atoms with Gasteiger partial charge in [0.05, 0.1) is 17.4 Å². The maximum absolute atomic E-state index is 13.5. The van der Waals surface area contributed by atoms with Crippen LogP contribution in [0.3, 0.4) is 0 Å². The van der Waals surface area contributed by atoms with Gasteiger partial charge in [-0.2, -0.15) is 0 Å². The quantitative estimate of drug-likeness (QED) is 0.125. The molecule has 2 aromatic carbocycles. The second-order valence-electron chi connectivity index (χ2n) is 13.7. The Balaban J connectivity index is 1.21. The molecule has 0 aliphatic carbocycles. The highest BCUT2D eigenvalue weighted by Gasteiger charge is 2.39. The number of hydrogen-bond acceptors (Lipinski definition) is 7. The maximum atomic E-state index is 13.5. The van der Waals surface area contributed by atoms with Gasteiger partial charge in [-0.05, 0) is 47.2 Å². The summed E-state index contributed by atoms with van der Waals surface area (Å²) < 4.78 is 5.89. The van der Waals surface area contributed by atoms with Gasteiger partial charge in [-0.3, -0.25) is 14.4 Å². The largest absolute Gasteiger partial charge is 0.494 e. The number of carbonyl (C=O) groups is 3. The Morgan fingerprint density at radius 1 is 0.898 bits per heavy atom. The third-order valence-corrected chi connectivity index (χ3v) is 10.2. The van der Waals surface area contributed by atoms with Crippen molar-refractivity contribution in [2.45, 2.75) is 77.7 Å². The van der Waals surface area contributed by atoms with Gasteiger partial charge in [-0.15, -0.1) is 11.3 Å². The molecule has 1 aliphatic rings. The molecule has 49 heavy (non-hydrogen) atoms. The summed E-state index contributed by atoms with van der Waals surface area (Å²) in [6.45, 7) is 9.48. The second-order valence-corrected chi connectivity index (χ2v) is 14.8. The number of aliphatic carboxylic acids is 1. The van der Waals surface area contributed by atoms with Crippen molar-refractivity contribution >= 4 is 29.1 Å². The normalized spacial score (nSPS) is 13.8. The van der Waals surface area contributed by atoms with E-state index in [4.69, 9.17) is 4.74 Å². The molecule has 0 bridgehead atoms. The fraction of sp³-hybridized carbons (Fsp3) is 0.410. The molecule has 10 heteroatoms. The smallest absolute Gasteiger partial charge is 0.310 e. The first-order valence-corrected chi connectivity index (χ1v) is 17.9. The number of thiophene rings is 1. The van der Waals surface area contributed by atoms with Crippen molar-refractivity contribution in [2.24, 2.45) is 5.92 Å².